The number of sulfone groups is 2. The van der Waals surface area contributed by atoms with Crippen LogP contribution in [0.15, 0.2) is 17.0 Å². The molecule has 3 aliphatic rings. The quantitative estimate of drug-likeness (QED) is 0.650. The zero-order valence-electron chi connectivity index (χ0n) is 15.9. The minimum Gasteiger partial charge on any atom is -0.306 e. The van der Waals surface area contributed by atoms with E-state index in [-0.39, 0.29) is 27.9 Å². The second-order valence-corrected chi connectivity index (χ2v) is 14.3. The molecule has 28 heavy (non-hydrogen) atoms. The van der Waals surface area contributed by atoms with Gasteiger partial charge >= 0.3 is 0 Å². The van der Waals surface area contributed by atoms with E-state index in [2.05, 4.69) is 5.32 Å². The first kappa shape index (κ1) is 20.3. The molecule has 156 valence electrons. The third kappa shape index (κ3) is 3.20. The van der Waals surface area contributed by atoms with Gasteiger partial charge in [0, 0.05) is 12.1 Å². The molecule has 1 aromatic carbocycles. The number of nitrogens with one attached hydrogen (secondary N) is 1. The number of rotatable bonds is 2. The van der Waals surface area contributed by atoms with Gasteiger partial charge in [-0.05, 0) is 43.5 Å². The summed E-state index contributed by atoms with van der Waals surface area (Å²) in [5.41, 5.74) is 2.33. The lowest BCUT2D eigenvalue weighted by atomic mass is 10.0. The molecule has 3 saturated heterocycles. The predicted molar refractivity (Wildman–Crippen MR) is 105 cm³/mol. The van der Waals surface area contributed by atoms with Crippen molar-refractivity contribution in [3.8, 4) is 0 Å². The van der Waals surface area contributed by atoms with Crippen LogP contribution in [0, 0.1) is 20.8 Å². The summed E-state index contributed by atoms with van der Waals surface area (Å²) in [5, 5.41) is 3.11. The van der Waals surface area contributed by atoms with Crippen LogP contribution in [0.1, 0.15) is 16.7 Å². The van der Waals surface area contributed by atoms with Gasteiger partial charge in [-0.3, -0.25) is 0 Å². The summed E-state index contributed by atoms with van der Waals surface area (Å²) in [6.07, 6.45) is 0. The van der Waals surface area contributed by atoms with Crippen LogP contribution in [-0.2, 0) is 29.7 Å². The van der Waals surface area contributed by atoms with Gasteiger partial charge in [-0.2, -0.15) is 4.31 Å². The van der Waals surface area contributed by atoms with Crippen molar-refractivity contribution in [2.24, 2.45) is 0 Å². The van der Waals surface area contributed by atoms with Crippen LogP contribution in [0.25, 0.3) is 0 Å². The first-order valence-corrected chi connectivity index (χ1v) is 14.2. The Hall–Kier alpha value is -1.01. The summed E-state index contributed by atoms with van der Waals surface area (Å²) in [4.78, 5) is 0.114. The van der Waals surface area contributed by atoms with E-state index >= 15 is 0 Å². The van der Waals surface area contributed by atoms with Crippen LogP contribution in [0.2, 0.25) is 0 Å². The van der Waals surface area contributed by atoms with Crippen molar-refractivity contribution < 1.29 is 25.3 Å². The molecule has 0 unspecified atom stereocenters. The number of fused-ring (bicyclic) bond motifs is 2. The highest BCUT2D eigenvalue weighted by molar-refractivity contribution is 7.92. The van der Waals surface area contributed by atoms with Crippen LogP contribution in [0.4, 0.5) is 0 Å². The molecule has 4 rings (SSSR count). The Labute approximate surface area is 166 Å². The topological polar surface area (TPSA) is 118 Å². The lowest BCUT2D eigenvalue weighted by molar-refractivity contribution is 0.160. The Bertz CT molecular complexity index is 1110. The number of hydrogen-bond acceptors (Lipinski definition) is 7. The van der Waals surface area contributed by atoms with Crippen molar-refractivity contribution in [2.75, 3.05) is 23.0 Å². The molecule has 0 bridgehead atoms. The third-order valence-electron chi connectivity index (χ3n) is 6.07. The molecule has 11 heteroatoms. The van der Waals surface area contributed by atoms with Gasteiger partial charge in [0.2, 0.25) is 10.0 Å². The Morgan fingerprint density at radius 1 is 0.821 bits per heavy atom. The fraction of sp³-hybridized carbons (Fsp3) is 0.647. The number of piperazine rings is 1. The maximum Gasteiger partial charge on any atom is 0.244 e. The Balaban J connectivity index is 1.87. The van der Waals surface area contributed by atoms with Gasteiger partial charge in [0.05, 0.1) is 40.0 Å². The molecule has 0 amide bonds. The smallest absolute Gasteiger partial charge is 0.244 e. The molecule has 8 nitrogen and oxygen atoms in total. The van der Waals surface area contributed by atoms with Gasteiger partial charge in [0.15, 0.2) is 19.7 Å². The van der Waals surface area contributed by atoms with Crippen molar-refractivity contribution >= 4 is 29.7 Å². The molecule has 0 radical (unpaired) electrons. The largest absolute Gasteiger partial charge is 0.306 e. The zero-order chi connectivity index (χ0) is 20.6. The first-order valence-electron chi connectivity index (χ1n) is 9.09. The fourth-order valence-corrected chi connectivity index (χ4v) is 10.9. The molecule has 4 atom stereocenters. The highest BCUT2D eigenvalue weighted by atomic mass is 32.2. The van der Waals surface area contributed by atoms with E-state index in [0.717, 1.165) is 11.1 Å². The maximum atomic E-state index is 13.7. The lowest BCUT2D eigenvalue weighted by Gasteiger charge is -2.44. The fourth-order valence-electron chi connectivity index (χ4n) is 4.68. The van der Waals surface area contributed by atoms with E-state index in [4.69, 9.17) is 0 Å². The van der Waals surface area contributed by atoms with E-state index in [1.165, 1.54) is 4.31 Å². The van der Waals surface area contributed by atoms with Crippen LogP contribution < -0.4 is 5.32 Å². The molecule has 1 N–H and O–H groups in total. The minimum absolute atomic E-state index is 0.114. The van der Waals surface area contributed by atoms with Gasteiger partial charge in [0.1, 0.15) is 0 Å². The standard InChI is InChI=1S/C17H24N2O6S3/c1-10-4-12(3)17(5-11(10)2)28(24,25)19-15-8-26(20,21)6-13(15)18-14-7-27(22,23)9-16(14)19/h4-5,13-16,18H,6-9H2,1-3H3/t13-,14+,15+,16-. The molecule has 0 saturated carbocycles. The summed E-state index contributed by atoms with van der Waals surface area (Å²) in [5.74, 6) is -0.953. The minimum atomic E-state index is -4.08. The summed E-state index contributed by atoms with van der Waals surface area (Å²) in [6, 6.07) is 0.591. The van der Waals surface area contributed by atoms with Crippen molar-refractivity contribution in [1.82, 2.24) is 9.62 Å². The lowest BCUT2D eigenvalue weighted by Crippen LogP contribution is -2.67. The average molecular weight is 449 g/mol. The van der Waals surface area contributed by atoms with E-state index in [9.17, 15) is 25.3 Å². The molecule has 3 fully saturated rings. The first-order chi connectivity index (χ1) is 12.8. The second-order valence-electron chi connectivity index (χ2n) is 8.21. The van der Waals surface area contributed by atoms with Crippen LogP contribution in [0.3, 0.4) is 0 Å². The Morgan fingerprint density at radius 3 is 1.79 bits per heavy atom. The highest BCUT2D eigenvalue weighted by Crippen LogP contribution is 2.37. The van der Waals surface area contributed by atoms with Gasteiger partial charge in [-0.1, -0.05) is 6.07 Å². The highest BCUT2D eigenvalue weighted by Gasteiger charge is 2.57. The Kier molecular flexibility index (Phi) is 4.52. The van der Waals surface area contributed by atoms with Crippen molar-refractivity contribution in [3.05, 3.63) is 28.8 Å². The molecule has 3 aliphatic heterocycles. The van der Waals surface area contributed by atoms with Gasteiger partial charge in [-0.15, -0.1) is 0 Å². The van der Waals surface area contributed by atoms with E-state index in [1.807, 2.05) is 13.8 Å². The number of benzene rings is 1. The summed E-state index contributed by atoms with van der Waals surface area (Å²) >= 11 is 0. The Morgan fingerprint density at radius 2 is 1.29 bits per heavy atom. The monoisotopic (exact) mass is 448 g/mol. The molecule has 1 aromatic rings. The molecule has 0 aromatic heterocycles. The molecule has 0 aliphatic carbocycles. The summed E-state index contributed by atoms with van der Waals surface area (Å²) < 4.78 is 77.5. The summed E-state index contributed by atoms with van der Waals surface area (Å²) in [7, 11) is -10.9. The van der Waals surface area contributed by atoms with E-state index in [1.54, 1.807) is 19.1 Å². The number of sulfonamides is 1. The maximum absolute atomic E-state index is 13.7. The van der Waals surface area contributed by atoms with Crippen LogP contribution >= 0.6 is 0 Å². The van der Waals surface area contributed by atoms with Crippen LogP contribution in [-0.4, -0.2) is 76.7 Å². The predicted octanol–water partition coefficient (Wildman–Crippen LogP) is -0.463. The van der Waals surface area contributed by atoms with Gasteiger partial charge in [0.25, 0.3) is 0 Å². The van der Waals surface area contributed by atoms with E-state index < -0.39 is 53.9 Å². The van der Waals surface area contributed by atoms with Crippen molar-refractivity contribution in [2.45, 2.75) is 49.8 Å². The van der Waals surface area contributed by atoms with Gasteiger partial charge < -0.3 is 5.32 Å². The number of hydrogen-bond donors (Lipinski definition) is 1. The number of aryl methyl sites for hydroxylation is 3. The molecule has 3 heterocycles. The molecular formula is C17H24N2O6S3. The normalized spacial score (nSPS) is 34.1. The zero-order valence-corrected chi connectivity index (χ0v) is 18.4. The number of nitrogens with zero attached hydrogens (tertiary/aromatic N) is 1. The molecular weight excluding hydrogens is 424 g/mol. The van der Waals surface area contributed by atoms with Crippen LogP contribution in [0.5, 0.6) is 0 Å². The van der Waals surface area contributed by atoms with Crippen molar-refractivity contribution in [1.29, 1.82) is 0 Å². The second kappa shape index (κ2) is 6.24. The van der Waals surface area contributed by atoms with Gasteiger partial charge in [-0.25, -0.2) is 25.3 Å². The third-order valence-corrected chi connectivity index (χ3v) is 11.6. The van der Waals surface area contributed by atoms with Crippen molar-refractivity contribution in [3.63, 3.8) is 0 Å². The molecule has 0 spiro atoms. The SMILES string of the molecule is Cc1cc(C)c(S(=O)(=O)N2[C@@H]3CS(=O)(=O)C[C@@H]3N[C@@H]3CS(=O)(=O)C[C@@H]32)cc1C. The summed E-state index contributed by atoms with van der Waals surface area (Å²) in [6.45, 7) is 5.41. The average Bonchev–Trinajstić information content (AvgIpc) is 2.99. The van der Waals surface area contributed by atoms with E-state index in [0.29, 0.717) is 5.56 Å².